The Hall–Kier alpha value is -2.81. The van der Waals surface area contributed by atoms with Crippen molar-refractivity contribution >= 4 is 50.6 Å². The molecule has 0 aliphatic heterocycles. The summed E-state index contributed by atoms with van der Waals surface area (Å²) in [6.07, 6.45) is 3.87. The Bertz CT molecular complexity index is 1240. The van der Waals surface area contributed by atoms with Gasteiger partial charge in [-0.15, -0.1) is 6.58 Å². The van der Waals surface area contributed by atoms with Crippen molar-refractivity contribution in [3.63, 3.8) is 0 Å². The first-order chi connectivity index (χ1) is 15.3. The topological polar surface area (TPSA) is 84.3 Å². The van der Waals surface area contributed by atoms with Gasteiger partial charge in [-0.1, -0.05) is 48.3 Å². The molecule has 10 heteroatoms. The van der Waals surface area contributed by atoms with Gasteiger partial charge in [0.15, 0.2) is 0 Å². The highest BCUT2D eigenvalue weighted by Gasteiger charge is 2.29. The molecule has 0 aliphatic rings. The first-order valence-electron chi connectivity index (χ1n) is 9.80. The number of carbonyl (C=O) groups is 1. The highest BCUT2D eigenvalue weighted by Crippen LogP contribution is 2.33. The van der Waals surface area contributed by atoms with E-state index in [1.165, 1.54) is 24.3 Å². The lowest BCUT2D eigenvalue weighted by atomic mass is 10.2. The molecule has 7 nitrogen and oxygen atoms in total. The zero-order chi connectivity index (χ0) is 23.3. The third-order valence-corrected chi connectivity index (χ3v) is 7.15. The van der Waals surface area contributed by atoms with Crippen molar-refractivity contribution < 1.29 is 13.2 Å². The average molecular weight is 493 g/mol. The summed E-state index contributed by atoms with van der Waals surface area (Å²) in [7, 11) is -4.16. The van der Waals surface area contributed by atoms with Crippen LogP contribution in [0.4, 0.5) is 11.5 Å². The second-order valence-corrected chi connectivity index (χ2v) is 9.46. The first kappa shape index (κ1) is 23.8. The minimum atomic E-state index is -4.16. The number of para-hydroxylation sites is 1. The fraction of sp³-hybridized carbons (Fsp3) is 0.182. The molecule has 1 aromatic heterocycles. The van der Waals surface area contributed by atoms with Crippen molar-refractivity contribution in [1.29, 1.82) is 0 Å². The van der Waals surface area contributed by atoms with Crippen molar-refractivity contribution in [2.24, 2.45) is 0 Å². The van der Waals surface area contributed by atoms with E-state index in [4.69, 9.17) is 23.2 Å². The Morgan fingerprint density at radius 2 is 1.94 bits per heavy atom. The molecule has 32 heavy (non-hydrogen) atoms. The summed E-state index contributed by atoms with van der Waals surface area (Å²) in [5.41, 5.74) is 0.415. The van der Waals surface area contributed by atoms with E-state index in [0.29, 0.717) is 12.4 Å². The van der Waals surface area contributed by atoms with Gasteiger partial charge in [-0.2, -0.15) is 5.10 Å². The van der Waals surface area contributed by atoms with Crippen LogP contribution >= 0.6 is 23.2 Å². The average Bonchev–Trinajstić information content (AvgIpc) is 3.19. The molecule has 0 spiro atoms. The Balaban J connectivity index is 1.99. The van der Waals surface area contributed by atoms with Gasteiger partial charge in [0, 0.05) is 18.2 Å². The maximum Gasteiger partial charge on any atom is 0.266 e. The standard InChI is InChI=1S/C22H22Cl2N4O3S/c1-3-13-27-21(11-12-25-27)26-22(29)16-9-10-18(24)20(15-16)32(30,31)28(14-4-2)19-8-6-5-7-17(19)23/h4-12,15H,2-3,13-14H2,1H3,(H,26,29). The quantitative estimate of drug-likeness (QED) is 0.414. The lowest BCUT2D eigenvalue weighted by Gasteiger charge is -2.24. The van der Waals surface area contributed by atoms with E-state index in [0.717, 1.165) is 10.7 Å². The molecule has 0 unspecified atom stereocenters. The molecule has 0 radical (unpaired) electrons. The molecule has 3 rings (SSSR count). The van der Waals surface area contributed by atoms with E-state index in [9.17, 15) is 13.2 Å². The van der Waals surface area contributed by atoms with E-state index in [2.05, 4.69) is 17.0 Å². The third-order valence-electron chi connectivity index (χ3n) is 4.57. The fourth-order valence-corrected chi connectivity index (χ4v) is 5.32. The van der Waals surface area contributed by atoms with Crippen LogP contribution in [0, 0.1) is 0 Å². The van der Waals surface area contributed by atoms with Gasteiger partial charge in [-0.3, -0.25) is 9.10 Å². The number of nitrogens with one attached hydrogen (secondary N) is 1. The number of anilines is 2. The SMILES string of the molecule is C=CCN(c1ccccc1Cl)S(=O)(=O)c1cc(C(=O)Nc2ccnn2CCC)ccc1Cl. The third kappa shape index (κ3) is 4.98. The van der Waals surface area contributed by atoms with E-state index < -0.39 is 15.9 Å². The first-order valence-corrected chi connectivity index (χ1v) is 12.0. The zero-order valence-corrected chi connectivity index (χ0v) is 19.7. The van der Waals surface area contributed by atoms with Gasteiger partial charge in [-0.25, -0.2) is 13.1 Å². The van der Waals surface area contributed by atoms with E-state index >= 15 is 0 Å². The van der Waals surface area contributed by atoms with Crippen LogP contribution in [-0.4, -0.2) is 30.7 Å². The molecule has 1 N–H and O–H groups in total. The van der Waals surface area contributed by atoms with Gasteiger partial charge in [0.25, 0.3) is 15.9 Å². The van der Waals surface area contributed by atoms with Crippen LogP contribution in [-0.2, 0) is 16.6 Å². The predicted octanol–water partition coefficient (Wildman–Crippen LogP) is 5.23. The molecule has 1 heterocycles. The molecule has 3 aromatic rings. The molecule has 0 atom stereocenters. The number of nitrogens with zero attached hydrogens (tertiary/aromatic N) is 3. The number of amides is 1. The number of aryl methyl sites for hydroxylation is 1. The number of hydrogen-bond acceptors (Lipinski definition) is 4. The van der Waals surface area contributed by atoms with Crippen molar-refractivity contribution in [3.8, 4) is 0 Å². The summed E-state index contributed by atoms with van der Waals surface area (Å²) in [6.45, 7) is 6.24. The summed E-state index contributed by atoms with van der Waals surface area (Å²) >= 11 is 12.5. The summed E-state index contributed by atoms with van der Waals surface area (Å²) in [5, 5.41) is 7.16. The summed E-state index contributed by atoms with van der Waals surface area (Å²) in [6, 6.07) is 12.3. The van der Waals surface area contributed by atoms with Crippen LogP contribution in [0.25, 0.3) is 0 Å². The number of hydrogen-bond donors (Lipinski definition) is 1. The van der Waals surface area contributed by atoms with Gasteiger partial charge in [0.05, 0.1) is 28.5 Å². The van der Waals surface area contributed by atoms with E-state index in [-0.39, 0.29) is 32.7 Å². The lowest BCUT2D eigenvalue weighted by molar-refractivity contribution is 0.102. The van der Waals surface area contributed by atoms with Gasteiger partial charge >= 0.3 is 0 Å². The molecule has 1 amide bonds. The van der Waals surface area contributed by atoms with Crippen molar-refractivity contribution in [2.75, 3.05) is 16.2 Å². The van der Waals surface area contributed by atoms with Crippen LogP contribution in [0.1, 0.15) is 23.7 Å². The molecular formula is C22H22Cl2N4O3S. The predicted molar refractivity (Wildman–Crippen MR) is 128 cm³/mol. The summed E-state index contributed by atoms with van der Waals surface area (Å²) < 4.78 is 29.8. The summed E-state index contributed by atoms with van der Waals surface area (Å²) in [5.74, 6) is 0.0320. The molecule has 0 fully saturated rings. The van der Waals surface area contributed by atoms with Crippen LogP contribution in [0.3, 0.4) is 0 Å². The van der Waals surface area contributed by atoms with Crippen LogP contribution in [0.2, 0.25) is 10.0 Å². The maximum absolute atomic E-state index is 13.5. The zero-order valence-electron chi connectivity index (χ0n) is 17.3. The molecule has 0 saturated carbocycles. The van der Waals surface area contributed by atoms with Gasteiger partial charge in [0.1, 0.15) is 10.7 Å². The Kier molecular flexibility index (Phi) is 7.60. The minimum Gasteiger partial charge on any atom is -0.307 e. The monoisotopic (exact) mass is 492 g/mol. The van der Waals surface area contributed by atoms with Crippen LogP contribution in [0.15, 0.2) is 72.3 Å². The van der Waals surface area contributed by atoms with Crippen LogP contribution < -0.4 is 9.62 Å². The molecule has 0 bridgehead atoms. The van der Waals surface area contributed by atoms with Crippen molar-refractivity contribution in [1.82, 2.24) is 9.78 Å². The number of carbonyl (C=O) groups excluding carboxylic acids is 1. The smallest absolute Gasteiger partial charge is 0.266 e. The Morgan fingerprint density at radius 1 is 1.19 bits per heavy atom. The number of benzene rings is 2. The normalized spacial score (nSPS) is 11.2. The second kappa shape index (κ2) is 10.2. The molecule has 0 saturated heterocycles. The number of aromatic nitrogens is 2. The lowest BCUT2D eigenvalue weighted by Crippen LogP contribution is -2.32. The Morgan fingerprint density at radius 3 is 2.62 bits per heavy atom. The van der Waals surface area contributed by atoms with Gasteiger partial charge in [-0.05, 0) is 36.8 Å². The second-order valence-electron chi connectivity index (χ2n) is 6.82. The number of halogens is 2. The maximum atomic E-state index is 13.5. The highest BCUT2D eigenvalue weighted by molar-refractivity contribution is 7.93. The van der Waals surface area contributed by atoms with E-state index in [1.807, 2.05) is 6.92 Å². The van der Waals surface area contributed by atoms with Crippen LogP contribution in [0.5, 0.6) is 0 Å². The van der Waals surface area contributed by atoms with Gasteiger partial charge < -0.3 is 5.32 Å². The molecular weight excluding hydrogens is 471 g/mol. The summed E-state index contributed by atoms with van der Waals surface area (Å²) in [4.78, 5) is 12.6. The highest BCUT2D eigenvalue weighted by atomic mass is 35.5. The van der Waals surface area contributed by atoms with Gasteiger partial charge in [0.2, 0.25) is 0 Å². The Labute approximate surface area is 197 Å². The molecule has 168 valence electrons. The largest absolute Gasteiger partial charge is 0.307 e. The molecule has 0 aliphatic carbocycles. The molecule has 2 aromatic carbocycles. The number of sulfonamides is 1. The minimum absolute atomic E-state index is 0.0151. The fourth-order valence-electron chi connectivity index (χ4n) is 3.08. The van der Waals surface area contributed by atoms with Crippen molar-refractivity contribution in [3.05, 3.63) is 83.0 Å². The number of rotatable bonds is 9. The van der Waals surface area contributed by atoms with Crippen molar-refractivity contribution in [2.45, 2.75) is 24.8 Å². The van der Waals surface area contributed by atoms with E-state index in [1.54, 1.807) is 41.2 Å².